The van der Waals surface area contributed by atoms with Gasteiger partial charge in [-0.15, -0.1) is 0 Å². The van der Waals surface area contributed by atoms with Crippen molar-refractivity contribution >= 4 is 29.2 Å². The maximum atomic E-state index is 11.9. The summed E-state index contributed by atoms with van der Waals surface area (Å²) in [5.41, 5.74) is 0.515. The van der Waals surface area contributed by atoms with Gasteiger partial charge in [0.05, 0.1) is 0 Å². The Morgan fingerprint density at radius 2 is 1.81 bits per heavy atom. The number of rotatable bonds is 8. The van der Waals surface area contributed by atoms with Gasteiger partial charge in [0.25, 0.3) is 0 Å². The first-order valence-corrected chi connectivity index (χ1v) is 7.16. The quantitative estimate of drug-likeness (QED) is 0.569. The number of benzene rings is 1. The van der Waals surface area contributed by atoms with Gasteiger partial charge in [0.2, 0.25) is 11.8 Å². The first kappa shape index (κ1) is 17.2. The summed E-state index contributed by atoms with van der Waals surface area (Å²) in [5.74, 6) is -0.368. The van der Waals surface area contributed by atoms with Crippen LogP contribution in [0.4, 0.5) is 0 Å². The van der Waals surface area contributed by atoms with Gasteiger partial charge in [-0.05, 0) is 18.6 Å². The van der Waals surface area contributed by atoms with E-state index in [1.165, 1.54) is 6.92 Å². The van der Waals surface area contributed by atoms with Crippen molar-refractivity contribution in [2.75, 3.05) is 13.1 Å². The third-order valence-corrected chi connectivity index (χ3v) is 3.01. The number of carbonyl (C=O) groups excluding carboxylic acids is 3. The highest BCUT2D eigenvalue weighted by Gasteiger charge is 2.09. The molecule has 0 unspecified atom stereocenters. The maximum Gasteiger partial charge on any atom is 0.220 e. The molecule has 0 aliphatic carbocycles. The van der Waals surface area contributed by atoms with Gasteiger partial charge in [-0.25, -0.2) is 0 Å². The summed E-state index contributed by atoms with van der Waals surface area (Å²) in [4.78, 5) is 34.1. The summed E-state index contributed by atoms with van der Waals surface area (Å²) in [5, 5.41) is 5.85. The fourth-order valence-corrected chi connectivity index (χ4v) is 1.89. The molecule has 0 saturated heterocycles. The SMILES string of the molecule is CC(=O)NCCCNC(=O)CCC(=O)c1cccc(Cl)c1. The van der Waals surface area contributed by atoms with Crippen LogP contribution in [-0.4, -0.2) is 30.7 Å². The number of hydrogen-bond acceptors (Lipinski definition) is 3. The van der Waals surface area contributed by atoms with Crippen molar-refractivity contribution in [3.8, 4) is 0 Å². The van der Waals surface area contributed by atoms with Crippen molar-refractivity contribution in [2.45, 2.75) is 26.2 Å². The van der Waals surface area contributed by atoms with Gasteiger partial charge in [0, 0.05) is 43.4 Å². The Morgan fingerprint density at radius 1 is 1.10 bits per heavy atom. The predicted octanol–water partition coefficient (Wildman–Crippen LogP) is 1.95. The lowest BCUT2D eigenvalue weighted by molar-refractivity contribution is -0.121. The lowest BCUT2D eigenvalue weighted by atomic mass is 10.1. The first-order valence-electron chi connectivity index (χ1n) is 6.79. The summed E-state index contributed by atoms with van der Waals surface area (Å²) in [7, 11) is 0. The highest BCUT2D eigenvalue weighted by Crippen LogP contribution is 2.12. The third-order valence-electron chi connectivity index (χ3n) is 2.78. The standard InChI is InChI=1S/C15H19ClN2O3/c1-11(19)17-8-3-9-18-15(21)7-6-14(20)12-4-2-5-13(16)10-12/h2,4-5,10H,3,6-9H2,1H3,(H,17,19)(H,18,21). The van der Waals surface area contributed by atoms with E-state index in [9.17, 15) is 14.4 Å². The number of Topliss-reactive ketones (excluding diaryl/α,β-unsaturated/α-hetero) is 1. The molecule has 2 N–H and O–H groups in total. The van der Waals surface area contributed by atoms with Crippen molar-refractivity contribution in [2.24, 2.45) is 0 Å². The van der Waals surface area contributed by atoms with Gasteiger partial charge in [-0.1, -0.05) is 23.7 Å². The summed E-state index contributed by atoms with van der Waals surface area (Å²) in [6.07, 6.45) is 0.955. The zero-order valence-electron chi connectivity index (χ0n) is 11.9. The Labute approximate surface area is 129 Å². The Balaban J connectivity index is 2.21. The van der Waals surface area contributed by atoms with Gasteiger partial charge in [0.15, 0.2) is 5.78 Å². The van der Waals surface area contributed by atoms with Crippen LogP contribution < -0.4 is 10.6 Å². The number of halogens is 1. The van der Waals surface area contributed by atoms with Gasteiger partial charge in [-0.2, -0.15) is 0 Å². The van der Waals surface area contributed by atoms with Crippen molar-refractivity contribution in [3.05, 3.63) is 34.9 Å². The van der Waals surface area contributed by atoms with Gasteiger partial charge in [0.1, 0.15) is 0 Å². The minimum atomic E-state index is -0.173. The first-order chi connectivity index (χ1) is 9.99. The minimum Gasteiger partial charge on any atom is -0.356 e. The summed E-state index contributed by atoms with van der Waals surface area (Å²) in [6.45, 7) is 2.45. The van der Waals surface area contributed by atoms with Crippen LogP contribution in [0.1, 0.15) is 36.5 Å². The molecule has 2 amide bonds. The largest absolute Gasteiger partial charge is 0.356 e. The second kappa shape index (κ2) is 9.13. The highest BCUT2D eigenvalue weighted by molar-refractivity contribution is 6.31. The summed E-state index contributed by atoms with van der Waals surface area (Å²) in [6, 6.07) is 6.67. The molecule has 0 radical (unpaired) electrons. The minimum absolute atomic E-state index is 0.0894. The normalized spacial score (nSPS) is 10.0. The zero-order valence-corrected chi connectivity index (χ0v) is 12.7. The molecular weight excluding hydrogens is 292 g/mol. The Hall–Kier alpha value is -1.88. The molecule has 0 aliphatic rings. The van der Waals surface area contributed by atoms with Crippen LogP contribution in [0.3, 0.4) is 0 Å². The zero-order chi connectivity index (χ0) is 15.7. The van der Waals surface area contributed by atoms with E-state index in [0.29, 0.717) is 30.1 Å². The van der Waals surface area contributed by atoms with Gasteiger partial charge >= 0.3 is 0 Å². The van der Waals surface area contributed by atoms with E-state index in [1.54, 1.807) is 24.3 Å². The molecule has 114 valence electrons. The van der Waals surface area contributed by atoms with E-state index in [0.717, 1.165) is 0 Å². The maximum absolute atomic E-state index is 11.9. The average molecular weight is 311 g/mol. The molecule has 0 aromatic heterocycles. The van der Waals surface area contributed by atoms with E-state index in [4.69, 9.17) is 11.6 Å². The topological polar surface area (TPSA) is 75.3 Å². The molecule has 1 rings (SSSR count). The van der Waals surface area contributed by atoms with Gasteiger partial charge < -0.3 is 10.6 Å². The number of hydrogen-bond donors (Lipinski definition) is 2. The molecule has 0 fully saturated rings. The molecule has 1 aromatic rings. The molecule has 1 aromatic carbocycles. The molecule has 21 heavy (non-hydrogen) atoms. The monoisotopic (exact) mass is 310 g/mol. The summed E-state index contributed by atoms with van der Waals surface area (Å²) < 4.78 is 0. The molecule has 0 bridgehead atoms. The number of amides is 2. The summed E-state index contributed by atoms with van der Waals surface area (Å²) >= 11 is 5.81. The fraction of sp³-hybridized carbons (Fsp3) is 0.400. The molecule has 0 atom stereocenters. The molecular formula is C15H19ClN2O3. The smallest absolute Gasteiger partial charge is 0.220 e. The van der Waals surface area contributed by atoms with Crippen LogP contribution in [0.2, 0.25) is 5.02 Å². The average Bonchev–Trinajstić information content (AvgIpc) is 2.44. The van der Waals surface area contributed by atoms with Crippen LogP contribution in [0.25, 0.3) is 0 Å². The van der Waals surface area contributed by atoms with E-state index in [2.05, 4.69) is 10.6 Å². The number of ketones is 1. The second-order valence-corrected chi connectivity index (χ2v) is 5.06. The van der Waals surface area contributed by atoms with Crippen LogP contribution in [0.5, 0.6) is 0 Å². The Morgan fingerprint density at radius 3 is 2.48 bits per heavy atom. The Kier molecular flexibility index (Phi) is 7.46. The molecule has 6 heteroatoms. The third kappa shape index (κ3) is 7.46. The lowest BCUT2D eigenvalue weighted by Crippen LogP contribution is -2.28. The lowest BCUT2D eigenvalue weighted by Gasteiger charge is -2.05. The van der Waals surface area contributed by atoms with Crippen molar-refractivity contribution < 1.29 is 14.4 Å². The van der Waals surface area contributed by atoms with Crippen LogP contribution in [-0.2, 0) is 9.59 Å². The predicted molar refractivity (Wildman–Crippen MR) is 81.3 cm³/mol. The number of nitrogens with one attached hydrogen (secondary N) is 2. The van der Waals surface area contributed by atoms with Crippen molar-refractivity contribution in [1.82, 2.24) is 10.6 Å². The molecule has 0 aliphatic heterocycles. The van der Waals surface area contributed by atoms with Crippen LogP contribution >= 0.6 is 11.6 Å². The second-order valence-electron chi connectivity index (χ2n) is 4.62. The Bertz CT molecular complexity index is 517. The van der Waals surface area contributed by atoms with E-state index >= 15 is 0 Å². The van der Waals surface area contributed by atoms with E-state index in [-0.39, 0.29) is 30.4 Å². The van der Waals surface area contributed by atoms with Crippen LogP contribution in [0.15, 0.2) is 24.3 Å². The van der Waals surface area contributed by atoms with Crippen LogP contribution in [0, 0.1) is 0 Å². The fourth-order valence-electron chi connectivity index (χ4n) is 1.70. The van der Waals surface area contributed by atoms with Crippen molar-refractivity contribution in [3.63, 3.8) is 0 Å². The highest BCUT2D eigenvalue weighted by atomic mass is 35.5. The molecule has 0 spiro atoms. The molecule has 5 nitrogen and oxygen atoms in total. The van der Waals surface area contributed by atoms with Crippen molar-refractivity contribution in [1.29, 1.82) is 0 Å². The molecule has 0 saturated carbocycles. The number of carbonyl (C=O) groups is 3. The van der Waals surface area contributed by atoms with E-state index in [1.807, 2.05) is 0 Å². The van der Waals surface area contributed by atoms with Gasteiger partial charge in [-0.3, -0.25) is 14.4 Å². The van der Waals surface area contributed by atoms with E-state index < -0.39 is 0 Å². The molecule has 0 heterocycles.